The van der Waals surface area contributed by atoms with Crippen molar-refractivity contribution in [3.05, 3.63) is 0 Å². The quantitative estimate of drug-likeness (QED) is 0.507. The van der Waals surface area contributed by atoms with E-state index in [1.54, 1.807) is 0 Å². The van der Waals surface area contributed by atoms with Gasteiger partial charge in [-0.1, -0.05) is 0 Å². The molecule has 0 aromatic rings. The normalized spacial score (nSPS) is 39.3. The molecular weight excluding hydrogens is 126 g/mol. The predicted molar refractivity (Wildman–Crippen MR) is 41.0 cm³/mol. The highest BCUT2D eigenvalue weighted by Crippen LogP contribution is 2.17. The van der Waals surface area contributed by atoms with E-state index in [0.717, 1.165) is 0 Å². The minimum Gasteiger partial charge on any atom is -0.307 e. The van der Waals surface area contributed by atoms with Crippen LogP contribution in [0.3, 0.4) is 0 Å². The molecular formula is C7H13N3. The summed E-state index contributed by atoms with van der Waals surface area (Å²) in [4.78, 5) is 2.36. The number of nitrogens with one attached hydrogen (secondary N) is 1. The van der Waals surface area contributed by atoms with Gasteiger partial charge < -0.3 is 10.3 Å². The molecule has 0 aromatic heterocycles. The average molecular weight is 139 g/mol. The lowest BCUT2D eigenvalue weighted by atomic mass is 9.95. The van der Waals surface area contributed by atoms with E-state index in [9.17, 15) is 0 Å². The van der Waals surface area contributed by atoms with Crippen molar-refractivity contribution in [3.63, 3.8) is 0 Å². The van der Waals surface area contributed by atoms with Crippen molar-refractivity contribution in [3.8, 4) is 0 Å². The van der Waals surface area contributed by atoms with E-state index in [1.165, 1.54) is 19.5 Å². The van der Waals surface area contributed by atoms with Crippen molar-refractivity contribution in [2.24, 2.45) is 11.0 Å². The maximum atomic E-state index is 4.06. The Morgan fingerprint density at radius 2 is 2.60 bits per heavy atom. The average Bonchev–Trinajstić information content (AvgIpc) is 2.33. The van der Waals surface area contributed by atoms with Crippen LogP contribution in [0.25, 0.3) is 0 Å². The van der Waals surface area contributed by atoms with Gasteiger partial charge in [-0.15, -0.1) is 0 Å². The lowest BCUT2D eigenvalue weighted by molar-refractivity contribution is 0.217. The first-order valence-corrected chi connectivity index (χ1v) is 3.83. The number of hydrazone groups is 1. The number of hydrogen-bond acceptors (Lipinski definition) is 3. The first-order valence-electron chi connectivity index (χ1n) is 3.83. The number of fused-ring (bicyclic) bond motifs is 1. The largest absolute Gasteiger partial charge is 0.307 e. The van der Waals surface area contributed by atoms with Gasteiger partial charge in [0, 0.05) is 18.7 Å². The van der Waals surface area contributed by atoms with Gasteiger partial charge in [-0.05, 0) is 20.0 Å². The van der Waals surface area contributed by atoms with Crippen LogP contribution in [0.4, 0.5) is 0 Å². The molecule has 1 saturated heterocycles. The zero-order valence-corrected chi connectivity index (χ0v) is 6.25. The van der Waals surface area contributed by atoms with Crippen molar-refractivity contribution in [1.82, 2.24) is 10.3 Å². The van der Waals surface area contributed by atoms with Crippen molar-refractivity contribution < 1.29 is 0 Å². The minimum atomic E-state index is 0.635. The fourth-order valence-corrected chi connectivity index (χ4v) is 1.70. The zero-order chi connectivity index (χ0) is 6.97. The second kappa shape index (κ2) is 2.23. The number of likely N-dealkylation sites (tertiary alicyclic amines) is 1. The van der Waals surface area contributed by atoms with E-state index < -0.39 is 0 Å². The minimum absolute atomic E-state index is 0.635. The molecule has 2 aliphatic heterocycles. The van der Waals surface area contributed by atoms with Gasteiger partial charge in [0.25, 0.3) is 0 Å². The lowest BCUT2D eigenvalue weighted by Crippen LogP contribution is -2.43. The molecule has 3 nitrogen and oxygen atoms in total. The lowest BCUT2D eigenvalue weighted by Gasteiger charge is -2.30. The fourth-order valence-electron chi connectivity index (χ4n) is 1.70. The molecule has 2 atom stereocenters. The molecule has 1 fully saturated rings. The van der Waals surface area contributed by atoms with E-state index in [0.29, 0.717) is 12.0 Å². The van der Waals surface area contributed by atoms with E-state index in [4.69, 9.17) is 0 Å². The summed E-state index contributed by atoms with van der Waals surface area (Å²) < 4.78 is 0. The monoisotopic (exact) mass is 139 g/mol. The highest BCUT2D eigenvalue weighted by Gasteiger charge is 2.28. The van der Waals surface area contributed by atoms with Crippen LogP contribution < -0.4 is 5.43 Å². The Labute approximate surface area is 61.1 Å². The number of nitrogens with zero attached hydrogens (tertiary/aromatic N) is 2. The molecule has 0 aliphatic carbocycles. The molecule has 2 rings (SSSR count). The third kappa shape index (κ3) is 0.904. The maximum absolute atomic E-state index is 4.06. The van der Waals surface area contributed by atoms with Crippen molar-refractivity contribution in [2.75, 3.05) is 20.1 Å². The SMILES string of the molecule is CN1CCC2NN=CC2C1. The fraction of sp³-hybridized carbons (Fsp3) is 0.857. The molecule has 0 saturated carbocycles. The Bertz CT molecular complexity index is 155. The Morgan fingerprint density at radius 3 is 3.50 bits per heavy atom. The van der Waals surface area contributed by atoms with Gasteiger partial charge >= 0.3 is 0 Å². The molecule has 56 valence electrons. The Kier molecular flexibility index (Phi) is 1.38. The molecule has 0 aromatic carbocycles. The smallest absolute Gasteiger partial charge is 0.0542 e. The molecule has 0 bridgehead atoms. The first-order chi connectivity index (χ1) is 4.86. The Morgan fingerprint density at radius 1 is 1.70 bits per heavy atom. The highest BCUT2D eigenvalue weighted by atomic mass is 15.3. The van der Waals surface area contributed by atoms with Crippen LogP contribution in [0.1, 0.15) is 6.42 Å². The predicted octanol–water partition coefficient (Wildman–Crippen LogP) is -0.104. The molecule has 2 heterocycles. The van der Waals surface area contributed by atoms with Crippen LogP contribution in [0.2, 0.25) is 0 Å². The molecule has 0 amide bonds. The van der Waals surface area contributed by atoms with Gasteiger partial charge in [0.15, 0.2) is 0 Å². The maximum Gasteiger partial charge on any atom is 0.0542 e. The molecule has 10 heavy (non-hydrogen) atoms. The van der Waals surface area contributed by atoms with Gasteiger partial charge in [0.05, 0.1) is 6.04 Å². The molecule has 0 radical (unpaired) electrons. The summed E-state index contributed by atoms with van der Waals surface area (Å²) in [7, 11) is 2.17. The van der Waals surface area contributed by atoms with E-state index in [2.05, 4.69) is 22.5 Å². The first kappa shape index (κ1) is 6.16. The second-order valence-corrected chi connectivity index (χ2v) is 3.23. The summed E-state index contributed by atoms with van der Waals surface area (Å²) in [5.41, 5.74) is 3.12. The molecule has 2 unspecified atom stereocenters. The Balaban J connectivity index is 2.01. The highest BCUT2D eigenvalue weighted by molar-refractivity contribution is 5.64. The summed E-state index contributed by atoms with van der Waals surface area (Å²) in [6, 6.07) is 0.635. The van der Waals surface area contributed by atoms with Crippen LogP contribution in [-0.4, -0.2) is 37.3 Å². The summed E-state index contributed by atoms with van der Waals surface area (Å²) in [5, 5.41) is 4.06. The van der Waals surface area contributed by atoms with Crippen molar-refractivity contribution in [2.45, 2.75) is 12.5 Å². The van der Waals surface area contributed by atoms with E-state index in [-0.39, 0.29) is 0 Å². The van der Waals surface area contributed by atoms with Crippen molar-refractivity contribution in [1.29, 1.82) is 0 Å². The number of piperidine rings is 1. The van der Waals surface area contributed by atoms with Crippen LogP contribution in [0.15, 0.2) is 5.10 Å². The van der Waals surface area contributed by atoms with Gasteiger partial charge in [-0.25, -0.2) is 0 Å². The summed E-state index contributed by atoms with van der Waals surface area (Å²) in [5.74, 6) is 0.666. The molecule has 1 N–H and O–H groups in total. The molecule has 3 heteroatoms. The van der Waals surface area contributed by atoms with Gasteiger partial charge in [0.1, 0.15) is 0 Å². The van der Waals surface area contributed by atoms with Crippen LogP contribution >= 0.6 is 0 Å². The third-order valence-corrected chi connectivity index (χ3v) is 2.37. The van der Waals surface area contributed by atoms with Gasteiger partial charge in [-0.3, -0.25) is 0 Å². The van der Waals surface area contributed by atoms with Crippen molar-refractivity contribution >= 4 is 6.21 Å². The standard InChI is InChI=1S/C7H13N3/c1-10-3-2-7-6(5-10)4-8-9-7/h4,6-7,9H,2-3,5H2,1H3. The third-order valence-electron chi connectivity index (χ3n) is 2.37. The topological polar surface area (TPSA) is 27.6 Å². The number of hydrogen-bond donors (Lipinski definition) is 1. The van der Waals surface area contributed by atoms with E-state index >= 15 is 0 Å². The summed E-state index contributed by atoms with van der Waals surface area (Å²) >= 11 is 0. The molecule has 0 spiro atoms. The second-order valence-electron chi connectivity index (χ2n) is 3.23. The van der Waals surface area contributed by atoms with Gasteiger partial charge in [0.2, 0.25) is 0 Å². The Hall–Kier alpha value is -0.570. The summed E-state index contributed by atoms with van der Waals surface area (Å²) in [6.07, 6.45) is 3.28. The van der Waals surface area contributed by atoms with Gasteiger partial charge in [-0.2, -0.15) is 5.10 Å². The van der Waals surface area contributed by atoms with Crippen LogP contribution in [0.5, 0.6) is 0 Å². The zero-order valence-electron chi connectivity index (χ0n) is 6.25. The number of rotatable bonds is 0. The van der Waals surface area contributed by atoms with E-state index in [1.807, 2.05) is 6.21 Å². The molecule has 2 aliphatic rings. The van der Waals surface area contributed by atoms with Crippen LogP contribution in [-0.2, 0) is 0 Å². The van der Waals surface area contributed by atoms with Crippen LogP contribution in [0, 0.1) is 5.92 Å². The summed E-state index contributed by atoms with van der Waals surface area (Å²) in [6.45, 7) is 2.37.